The van der Waals surface area contributed by atoms with Gasteiger partial charge in [0.1, 0.15) is 11.6 Å². The van der Waals surface area contributed by atoms with E-state index in [4.69, 9.17) is 4.52 Å². The zero-order valence-electron chi connectivity index (χ0n) is 15.7. The maximum atomic E-state index is 13.4. The summed E-state index contributed by atoms with van der Waals surface area (Å²) in [6, 6.07) is 8.03. The summed E-state index contributed by atoms with van der Waals surface area (Å²) in [5, 5.41) is 8.17. The highest BCUT2D eigenvalue weighted by molar-refractivity contribution is 5.92. The van der Waals surface area contributed by atoms with Gasteiger partial charge in [0, 0.05) is 50.6 Å². The molecule has 0 bridgehead atoms. The van der Waals surface area contributed by atoms with Crippen LogP contribution in [0.3, 0.4) is 0 Å². The summed E-state index contributed by atoms with van der Waals surface area (Å²) in [5.41, 5.74) is 2.11. The van der Waals surface area contributed by atoms with Gasteiger partial charge in [-0.15, -0.1) is 0 Å². The van der Waals surface area contributed by atoms with Crippen LogP contribution in [0.15, 0.2) is 47.2 Å². The van der Waals surface area contributed by atoms with E-state index in [1.807, 2.05) is 17.2 Å². The van der Waals surface area contributed by atoms with Crippen LogP contribution in [-0.4, -0.2) is 56.8 Å². The van der Waals surface area contributed by atoms with Gasteiger partial charge in [0.05, 0.1) is 11.9 Å². The summed E-state index contributed by atoms with van der Waals surface area (Å²) in [5.74, 6) is 0.266. The van der Waals surface area contributed by atoms with Crippen molar-refractivity contribution in [3.05, 3.63) is 65.6 Å². The lowest BCUT2D eigenvalue weighted by atomic mass is 10.3. The number of carbonyl (C=O) groups excluding carboxylic acids is 1. The van der Waals surface area contributed by atoms with Crippen molar-refractivity contribution in [2.75, 3.05) is 26.2 Å². The number of hydrogen-bond donors (Lipinski definition) is 0. The minimum atomic E-state index is -0.283. The van der Waals surface area contributed by atoms with Gasteiger partial charge in [0.25, 0.3) is 5.91 Å². The Balaban J connectivity index is 1.37. The minimum absolute atomic E-state index is 0.0855. The highest BCUT2D eigenvalue weighted by atomic mass is 19.1. The largest absolute Gasteiger partial charge is 0.361 e. The summed E-state index contributed by atoms with van der Waals surface area (Å²) in [7, 11) is 0. The molecule has 0 N–H and O–H groups in total. The number of amides is 1. The van der Waals surface area contributed by atoms with Crippen LogP contribution in [0.1, 0.15) is 28.2 Å². The third kappa shape index (κ3) is 4.12. The maximum Gasteiger partial charge on any atom is 0.276 e. The van der Waals surface area contributed by atoms with Crippen LogP contribution in [0.2, 0.25) is 0 Å². The van der Waals surface area contributed by atoms with Gasteiger partial charge in [0.15, 0.2) is 5.69 Å². The van der Waals surface area contributed by atoms with E-state index in [0.717, 1.165) is 31.6 Å². The van der Waals surface area contributed by atoms with Crippen molar-refractivity contribution in [3.8, 4) is 5.69 Å². The summed E-state index contributed by atoms with van der Waals surface area (Å²) in [4.78, 5) is 16.7. The van der Waals surface area contributed by atoms with Gasteiger partial charge in [-0.1, -0.05) is 11.2 Å². The van der Waals surface area contributed by atoms with Gasteiger partial charge < -0.3 is 9.42 Å². The van der Waals surface area contributed by atoms with E-state index in [2.05, 4.69) is 15.2 Å². The molecule has 2 aromatic heterocycles. The quantitative estimate of drug-likeness (QED) is 0.693. The summed E-state index contributed by atoms with van der Waals surface area (Å²) in [6.07, 6.45) is 4.61. The van der Waals surface area contributed by atoms with Crippen LogP contribution < -0.4 is 0 Å². The average molecular weight is 383 g/mol. The molecule has 0 radical (unpaired) electrons. The molecule has 3 aromatic rings. The summed E-state index contributed by atoms with van der Waals surface area (Å²) in [6.45, 7) is 5.52. The van der Waals surface area contributed by atoms with E-state index in [9.17, 15) is 9.18 Å². The molecule has 1 aliphatic rings. The van der Waals surface area contributed by atoms with E-state index in [-0.39, 0.29) is 11.7 Å². The Morgan fingerprint density at radius 1 is 1.21 bits per heavy atom. The fraction of sp³-hybridized carbons (Fsp3) is 0.350. The lowest BCUT2D eigenvalue weighted by Crippen LogP contribution is -2.35. The van der Waals surface area contributed by atoms with Crippen LogP contribution in [0.25, 0.3) is 5.69 Å². The maximum absolute atomic E-state index is 13.4. The number of nitrogens with zero attached hydrogens (tertiary/aromatic N) is 5. The summed E-state index contributed by atoms with van der Waals surface area (Å²) >= 11 is 0. The third-order valence-corrected chi connectivity index (χ3v) is 4.84. The van der Waals surface area contributed by atoms with Crippen LogP contribution in [0.4, 0.5) is 4.39 Å². The van der Waals surface area contributed by atoms with Gasteiger partial charge >= 0.3 is 0 Å². The van der Waals surface area contributed by atoms with Gasteiger partial charge in [-0.2, -0.15) is 5.10 Å². The molecule has 0 saturated carbocycles. The number of aryl methyl sites for hydroxylation is 1. The first kappa shape index (κ1) is 18.4. The zero-order chi connectivity index (χ0) is 19.5. The second-order valence-corrected chi connectivity index (χ2v) is 7.02. The molecule has 4 rings (SSSR count). The molecular weight excluding hydrogens is 361 g/mol. The molecule has 146 valence electrons. The number of benzene rings is 1. The van der Waals surface area contributed by atoms with E-state index in [1.165, 1.54) is 12.1 Å². The molecule has 0 unspecified atom stereocenters. The van der Waals surface area contributed by atoms with E-state index in [1.54, 1.807) is 29.9 Å². The number of hydrogen-bond acceptors (Lipinski definition) is 5. The smallest absolute Gasteiger partial charge is 0.276 e. The van der Waals surface area contributed by atoms with Crippen LogP contribution in [0, 0.1) is 12.7 Å². The molecule has 1 aromatic carbocycles. The van der Waals surface area contributed by atoms with Crippen molar-refractivity contribution in [1.29, 1.82) is 0 Å². The normalized spacial score (nSPS) is 15.6. The van der Waals surface area contributed by atoms with Crippen LogP contribution in [0.5, 0.6) is 0 Å². The van der Waals surface area contributed by atoms with Crippen LogP contribution >= 0.6 is 0 Å². The Morgan fingerprint density at radius 3 is 2.89 bits per heavy atom. The number of aromatic nitrogens is 3. The molecule has 1 amide bonds. The lowest BCUT2D eigenvalue weighted by Gasteiger charge is -2.20. The highest BCUT2D eigenvalue weighted by Gasteiger charge is 2.22. The second-order valence-electron chi connectivity index (χ2n) is 7.02. The standard InChI is InChI=1S/C20H22FN5O2/c1-15-10-19(23-28-15)20(27)25-7-3-6-24(8-9-25)13-16-12-22-26(14-16)18-5-2-4-17(21)11-18/h2,4-5,10-12,14H,3,6-9,13H2,1H3. The molecule has 8 heteroatoms. The SMILES string of the molecule is Cc1cc(C(=O)N2CCCN(Cc3cnn(-c4cccc(F)c4)c3)CC2)no1. The molecule has 0 aliphatic carbocycles. The first-order valence-corrected chi connectivity index (χ1v) is 9.33. The Kier molecular flexibility index (Phi) is 5.21. The Bertz CT molecular complexity index is 967. The molecule has 28 heavy (non-hydrogen) atoms. The molecule has 0 spiro atoms. The van der Waals surface area contributed by atoms with Gasteiger partial charge in [0.2, 0.25) is 0 Å². The van der Waals surface area contributed by atoms with Crippen molar-refractivity contribution in [3.63, 3.8) is 0 Å². The Morgan fingerprint density at radius 2 is 2.11 bits per heavy atom. The second kappa shape index (κ2) is 7.93. The fourth-order valence-corrected chi connectivity index (χ4v) is 3.42. The zero-order valence-corrected chi connectivity index (χ0v) is 15.7. The van der Waals surface area contributed by atoms with Crippen molar-refractivity contribution in [2.45, 2.75) is 19.9 Å². The predicted molar refractivity (Wildman–Crippen MR) is 101 cm³/mol. The van der Waals surface area contributed by atoms with Gasteiger partial charge in [-0.05, 0) is 31.5 Å². The first-order chi connectivity index (χ1) is 13.6. The number of rotatable bonds is 4. The van der Waals surface area contributed by atoms with Gasteiger partial charge in [-0.25, -0.2) is 9.07 Å². The van der Waals surface area contributed by atoms with E-state index >= 15 is 0 Å². The molecule has 1 aliphatic heterocycles. The summed E-state index contributed by atoms with van der Waals surface area (Å²) < 4.78 is 20.1. The minimum Gasteiger partial charge on any atom is -0.361 e. The first-order valence-electron chi connectivity index (χ1n) is 9.33. The molecule has 1 fully saturated rings. The molecule has 0 atom stereocenters. The molecule has 1 saturated heterocycles. The Labute approximate surface area is 162 Å². The van der Waals surface area contributed by atoms with Crippen molar-refractivity contribution in [1.82, 2.24) is 24.7 Å². The fourth-order valence-electron chi connectivity index (χ4n) is 3.42. The van der Waals surface area contributed by atoms with Crippen molar-refractivity contribution < 1.29 is 13.7 Å². The van der Waals surface area contributed by atoms with Crippen molar-refractivity contribution in [2.24, 2.45) is 0 Å². The lowest BCUT2D eigenvalue weighted by molar-refractivity contribution is 0.0750. The van der Waals surface area contributed by atoms with Crippen LogP contribution in [-0.2, 0) is 6.54 Å². The third-order valence-electron chi connectivity index (χ3n) is 4.84. The molecule has 7 nitrogen and oxygen atoms in total. The number of halogens is 1. The molecule has 3 heterocycles. The monoisotopic (exact) mass is 383 g/mol. The topological polar surface area (TPSA) is 67.4 Å². The van der Waals surface area contributed by atoms with E-state index in [0.29, 0.717) is 30.2 Å². The van der Waals surface area contributed by atoms with Gasteiger partial charge in [-0.3, -0.25) is 9.69 Å². The molecular formula is C20H22FN5O2. The number of carbonyl (C=O) groups is 1. The average Bonchev–Trinajstić information content (AvgIpc) is 3.26. The predicted octanol–water partition coefficient (Wildman–Crippen LogP) is 2.66. The Hall–Kier alpha value is -3.00. The van der Waals surface area contributed by atoms with Crippen molar-refractivity contribution >= 4 is 5.91 Å². The highest BCUT2D eigenvalue weighted by Crippen LogP contribution is 2.14. The van der Waals surface area contributed by atoms with E-state index < -0.39 is 0 Å².